The summed E-state index contributed by atoms with van der Waals surface area (Å²) in [5, 5.41) is 1.18. The summed E-state index contributed by atoms with van der Waals surface area (Å²) in [5.41, 5.74) is 5.52. The molecule has 0 radical (unpaired) electrons. The van der Waals surface area contributed by atoms with Crippen LogP contribution in [0.3, 0.4) is 0 Å². The van der Waals surface area contributed by atoms with Crippen LogP contribution in [0.5, 0.6) is 0 Å². The number of hydrogen-bond donors (Lipinski definition) is 1. The van der Waals surface area contributed by atoms with Gasteiger partial charge in [0.1, 0.15) is 0 Å². The first-order chi connectivity index (χ1) is 10.4. The highest BCUT2D eigenvalue weighted by Gasteiger charge is 2.05. The highest BCUT2D eigenvalue weighted by atomic mass is 14.8. The Bertz CT molecular complexity index is 840. The van der Waals surface area contributed by atoms with Crippen molar-refractivity contribution < 1.29 is 0 Å². The lowest BCUT2D eigenvalue weighted by atomic mass is 10.1. The number of rotatable bonds is 2. The van der Waals surface area contributed by atoms with Gasteiger partial charge in [0.05, 0.1) is 17.4 Å². The summed E-state index contributed by atoms with van der Waals surface area (Å²) < 4.78 is 0. The van der Waals surface area contributed by atoms with Crippen molar-refractivity contribution in [1.29, 1.82) is 0 Å². The Morgan fingerprint density at radius 2 is 1.38 bits per heavy atom. The predicted octanol–water partition coefficient (Wildman–Crippen LogP) is 4.90. The fourth-order valence-corrected chi connectivity index (χ4v) is 2.57. The summed E-state index contributed by atoms with van der Waals surface area (Å²) in [6.45, 7) is 0. The topological polar surface area (TPSA) is 28.7 Å². The van der Waals surface area contributed by atoms with Crippen LogP contribution >= 0.6 is 0 Å². The highest BCUT2D eigenvalue weighted by Crippen LogP contribution is 2.26. The third-order valence-corrected chi connectivity index (χ3v) is 3.66. The van der Waals surface area contributed by atoms with E-state index < -0.39 is 0 Å². The minimum Gasteiger partial charge on any atom is -0.353 e. The SMILES string of the molecule is c1ccc(-c2cc3cc(-c4ccccc4)[nH]c3cn2)cc1. The van der Waals surface area contributed by atoms with Crippen LogP contribution in [0.2, 0.25) is 0 Å². The minimum absolute atomic E-state index is 1.00. The molecule has 0 fully saturated rings. The van der Waals surface area contributed by atoms with Gasteiger partial charge in [-0.05, 0) is 17.7 Å². The smallest absolute Gasteiger partial charge is 0.0709 e. The second kappa shape index (κ2) is 4.91. The first kappa shape index (κ1) is 11.9. The molecule has 2 heteroatoms. The van der Waals surface area contributed by atoms with Crippen molar-refractivity contribution >= 4 is 10.9 Å². The van der Waals surface area contributed by atoms with Gasteiger partial charge in [0.2, 0.25) is 0 Å². The molecule has 0 saturated carbocycles. The van der Waals surface area contributed by atoms with Crippen LogP contribution in [0.4, 0.5) is 0 Å². The van der Waals surface area contributed by atoms with Gasteiger partial charge in [0.25, 0.3) is 0 Å². The normalized spacial score (nSPS) is 10.9. The van der Waals surface area contributed by atoms with Crippen molar-refractivity contribution in [2.24, 2.45) is 0 Å². The van der Waals surface area contributed by atoms with Gasteiger partial charge in [-0.1, -0.05) is 60.7 Å². The lowest BCUT2D eigenvalue weighted by Crippen LogP contribution is -1.82. The Morgan fingerprint density at radius 3 is 2.10 bits per heavy atom. The van der Waals surface area contributed by atoms with E-state index in [-0.39, 0.29) is 0 Å². The zero-order chi connectivity index (χ0) is 14.1. The number of aromatic amines is 1. The summed E-state index contributed by atoms with van der Waals surface area (Å²) in [4.78, 5) is 7.98. The van der Waals surface area contributed by atoms with Gasteiger partial charge in [-0.15, -0.1) is 0 Å². The summed E-state index contributed by atoms with van der Waals surface area (Å²) >= 11 is 0. The Hall–Kier alpha value is -2.87. The fraction of sp³-hybridized carbons (Fsp3) is 0. The Morgan fingerprint density at radius 1 is 0.714 bits per heavy atom. The predicted molar refractivity (Wildman–Crippen MR) is 87.0 cm³/mol. The number of benzene rings is 2. The maximum atomic E-state index is 4.55. The number of nitrogens with one attached hydrogen (secondary N) is 1. The molecule has 0 aliphatic carbocycles. The van der Waals surface area contributed by atoms with Gasteiger partial charge in [0.15, 0.2) is 0 Å². The Labute approximate surface area is 123 Å². The largest absolute Gasteiger partial charge is 0.353 e. The van der Waals surface area contributed by atoms with E-state index in [0.717, 1.165) is 22.5 Å². The maximum absolute atomic E-state index is 4.55. The van der Waals surface area contributed by atoms with Crippen LogP contribution in [0.1, 0.15) is 0 Å². The first-order valence-corrected chi connectivity index (χ1v) is 7.00. The van der Waals surface area contributed by atoms with E-state index in [4.69, 9.17) is 0 Å². The summed E-state index contributed by atoms with van der Waals surface area (Å²) in [6.07, 6.45) is 1.91. The van der Waals surface area contributed by atoms with E-state index in [1.807, 2.05) is 30.5 Å². The fourth-order valence-electron chi connectivity index (χ4n) is 2.57. The van der Waals surface area contributed by atoms with Crippen LogP contribution in [0.15, 0.2) is 79.0 Å². The van der Waals surface area contributed by atoms with Crippen molar-refractivity contribution in [2.45, 2.75) is 0 Å². The molecule has 2 heterocycles. The van der Waals surface area contributed by atoms with Crippen LogP contribution < -0.4 is 0 Å². The molecule has 0 amide bonds. The summed E-state index contributed by atoms with van der Waals surface area (Å²) in [5.74, 6) is 0. The quantitative estimate of drug-likeness (QED) is 0.551. The molecule has 0 unspecified atom stereocenters. The number of aromatic nitrogens is 2. The third kappa shape index (κ3) is 2.21. The van der Waals surface area contributed by atoms with E-state index >= 15 is 0 Å². The van der Waals surface area contributed by atoms with Crippen molar-refractivity contribution in [3.05, 3.63) is 79.0 Å². The van der Waals surface area contributed by atoms with Gasteiger partial charge >= 0.3 is 0 Å². The molecular formula is C19H14N2. The van der Waals surface area contributed by atoms with E-state index in [1.54, 1.807) is 0 Å². The second-order valence-electron chi connectivity index (χ2n) is 5.07. The molecule has 1 N–H and O–H groups in total. The van der Waals surface area contributed by atoms with Crippen LogP contribution in [-0.4, -0.2) is 9.97 Å². The number of hydrogen-bond acceptors (Lipinski definition) is 1. The molecule has 0 aliphatic rings. The van der Waals surface area contributed by atoms with Gasteiger partial charge in [-0.25, -0.2) is 0 Å². The molecule has 0 spiro atoms. The van der Waals surface area contributed by atoms with Crippen molar-refractivity contribution in [2.75, 3.05) is 0 Å². The lowest BCUT2D eigenvalue weighted by Gasteiger charge is -1.99. The first-order valence-electron chi connectivity index (χ1n) is 7.00. The average molecular weight is 270 g/mol. The molecule has 4 rings (SSSR count). The maximum Gasteiger partial charge on any atom is 0.0709 e. The number of fused-ring (bicyclic) bond motifs is 1. The Kier molecular flexibility index (Phi) is 2.79. The van der Waals surface area contributed by atoms with Crippen molar-refractivity contribution in [3.63, 3.8) is 0 Å². The zero-order valence-electron chi connectivity index (χ0n) is 11.5. The molecule has 0 aliphatic heterocycles. The number of H-pyrrole nitrogens is 1. The zero-order valence-corrected chi connectivity index (χ0v) is 11.5. The molecule has 0 atom stereocenters. The summed E-state index contributed by atoms with van der Waals surface area (Å²) in [7, 11) is 0. The lowest BCUT2D eigenvalue weighted by molar-refractivity contribution is 1.33. The van der Waals surface area contributed by atoms with Gasteiger partial charge in [-0.2, -0.15) is 0 Å². The Balaban J connectivity index is 1.82. The van der Waals surface area contributed by atoms with Crippen LogP contribution in [0, 0.1) is 0 Å². The standard InChI is InChI=1S/C19H14N2/c1-3-7-14(8-4-1)17-11-16-12-18(21-19(16)13-20-17)15-9-5-2-6-10-15/h1-13,21H. The summed E-state index contributed by atoms with van der Waals surface area (Å²) in [6, 6.07) is 24.9. The van der Waals surface area contributed by atoms with Crippen LogP contribution in [0.25, 0.3) is 33.4 Å². The highest BCUT2D eigenvalue weighted by molar-refractivity contribution is 5.87. The molecule has 4 aromatic rings. The van der Waals surface area contributed by atoms with Gasteiger partial charge < -0.3 is 4.98 Å². The molecule has 2 aromatic carbocycles. The van der Waals surface area contributed by atoms with Crippen LogP contribution in [-0.2, 0) is 0 Å². The van der Waals surface area contributed by atoms with Gasteiger partial charge in [0, 0.05) is 16.6 Å². The van der Waals surface area contributed by atoms with E-state index in [0.29, 0.717) is 0 Å². The number of nitrogens with zero attached hydrogens (tertiary/aromatic N) is 1. The molecule has 2 aromatic heterocycles. The van der Waals surface area contributed by atoms with E-state index in [9.17, 15) is 0 Å². The van der Waals surface area contributed by atoms with Crippen molar-refractivity contribution in [1.82, 2.24) is 9.97 Å². The monoisotopic (exact) mass is 270 g/mol. The van der Waals surface area contributed by atoms with E-state index in [2.05, 4.69) is 58.5 Å². The average Bonchev–Trinajstić information content (AvgIpc) is 2.99. The molecule has 21 heavy (non-hydrogen) atoms. The van der Waals surface area contributed by atoms with Gasteiger partial charge in [-0.3, -0.25) is 4.98 Å². The minimum atomic E-state index is 1.00. The molecular weight excluding hydrogens is 256 g/mol. The molecule has 0 bridgehead atoms. The number of pyridine rings is 1. The van der Waals surface area contributed by atoms with Crippen molar-refractivity contribution in [3.8, 4) is 22.5 Å². The third-order valence-electron chi connectivity index (χ3n) is 3.66. The van der Waals surface area contributed by atoms with E-state index in [1.165, 1.54) is 10.9 Å². The second-order valence-corrected chi connectivity index (χ2v) is 5.07. The molecule has 0 saturated heterocycles. The molecule has 2 nitrogen and oxygen atoms in total. The molecule has 100 valence electrons.